The average Bonchev–Trinajstić information content (AvgIpc) is 2.28. The van der Waals surface area contributed by atoms with Gasteiger partial charge in [-0.2, -0.15) is 0 Å². The van der Waals surface area contributed by atoms with Gasteiger partial charge in [0.2, 0.25) is 0 Å². The third-order valence-electron chi connectivity index (χ3n) is 2.26. The molecule has 0 atom stereocenters. The molecule has 0 spiro atoms. The van der Waals surface area contributed by atoms with E-state index in [0.717, 1.165) is 10.8 Å². The Balaban J connectivity index is 2.56. The average molecular weight is 200 g/mol. The number of amides is 1. The summed E-state index contributed by atoms with van der Waals surface area (Å²) >= 11 is 0. The van der Waals surface area contributed by atoms with Crippen molar-refractivity contribution in [3.8, 4) is 0 Å². The summed E-state index contributed by atoms with van der Waals surface area (Å²) < 4.78 is 0. The molecule has 0 aliphatic rings. The lowest BCUT2D eigenvalue weighted by Crippen LogP contribution is -2.22. The second kappa shape index (κ2) is 4.09. The van der Waals surface area contributed by atoms with Gasteiger partial charge in [0.15, 0.2) is 0 Å². The summed E-state index contributed by atoms with van der Waals surface area (Å²) in [6, 6.07) is 7.51. The summed E-state index contributed by atoms with van der Waals surface area (Å²) in [5, 5.41) is 4.72. The fraction of sp³-hybridized carbons (Fsp3) is 0.167. The summed E-state index contributed by atoms with van der Waals surface area (Å²) in [4.78, 5) is 15.8. The Morgan fingerprint density at radius 3 is 3.07 bits per heavy atom. The second-order valence-electron chi connectivity index (χ2n) is 3.26. The highest BCUT2D eigenvalue weighted by atomic mass is 16.1. The van der Waals surface area contributed by atoms with Crippen molar-refractivity contribution in [2.75, 3.05) is 6.54 Å². The molecule has 3 heteroatoms. The van der Waals surface area contributed by atoms with E-state index in [0.29, 0.717) is 12.1 Å². The van der Waals surface area contributed by atoms with E-state index in [1.807, 2.05) is 31.2 Å². The van der Waals surface area contributed by atoms with Crippen LogP contribution in [0.2, 0.25) is 0 Å². The van der Waals surface area contributed by atoms with Crippen LogP contribution in [0.15, 0.2) is 36.7 Å². The lowest BCUT2D eigenvalue weighted by molar-refractivity contribution is 0.0957. The summed E-state index contributed by atoms with van der Waals surface area (Å²) in [7, 11) is 0. The van der Waals surface area contributed by atoms with Crippen molar-refractivity contribution in [1.82, 2.24) is 10.3 Å². The molecule has 2 aromatic rings. The van der Waals surface area contributed by atoms with Crippen molar-refractivity contribution >= 4 is 16.7 Å². The lowest BCUT2D eigenvalue weighted by Gasteiger charge is -2.05. The van der Waals surface area contributed by atoms with Crippen LogP contribution < -0.4 is 5.32 Å². The number of rotatable bonds is 2. The zero-order valence-electron chi connectivity index (χ0n) is 8.53. The molecule has 0 aliphatic carbocycles. The molecule has 0 saturated heterocycles. The van der Waals surface area contributed by atoms with Gasteiger partial charge in [-0.25, -0.2) is 0 Å². The van der Waals surface area contributed by atoms with E-state index in [1.54, 1.807) is 12.4 Å². The number of aromatic nitrogens is 1. The highest BCUT2D eigenvalue weighted by Gasteiger charge is 2.07. The molecular formula is C12H12N2O. The molecule has 0 bridgehead atoms. The molecule has 15 heavy (non-hydrogen) atoms. The highest BCUT2D eigenvalue weighted by Crippen LogP contribution is 2.16. The first kappa shape index (κ1) is 9.65. The van der Waals surface area contributed by atoms with Gasteiger partial charge in [-0.15, -0.1) is 0 Å². The van der Waals surface area contributed by atoms with Crippen LogP contribution in [0, 0.1) is 0 Å². The number of nitrogens with one attached hydrogen (secondary N) is 1. The minimum atomic E-state index is -0.0331. The summed E-state index contributed by atoms with van der Waals surface area (Å²) in [5.41, 5.74) is 0.705. The van der Waals surface area contributed by atoms with E-state index < -0.39 is 0 Å². The molecule has 0 radical (unpaired) electrons. The Morgan fingerprint density at radius 2 is 2.27 bits per heavy atom. The fourth-order valence-corrected chi connectivity index (χ4v) is 1.58. The number of nitrogens with zero attached hydrogens (tertiary/aromatic N) is 1. The standard InChI is InChI=1S/C12H12N2O/c1-2-14-12(15)11-5-3-4-9-8-13-7-6-10(9)11/h3-8H,2H2,1H3,(H,14,15). The monoisotopic (exact) mass is 200 g/mol. The van der Waals surface area contributed by atoms with E-state index in [1.165, 1.54) is 0 Å². The molecule has 3 nitrogen and oxygen atoms in total. The first-order valence-corrected chi connectivity index (χ1v) is 4.94. The molecule has 0 aliphatic heterocycles. The largest absolute Gasteiger partial charge is 0.352 e. The van der Waals surface area contributed by atoms with Crippen LogP contribution in [-0.4, -0.2) is 17.4 Å². The smallest absolute Gasteiger partial charge is 0.251 e. The summed E-state index contributed by atoms with van der Waals surface area (Å²) in [5.74, 6) is -0.0331. The van der Waals surface area contributed by atoms with Gasteiger partial charge in [0.05, 0.1) is 0 Å². The van der Waals surface area contributed by atoms with Crippen molar-refractivity contribution in [3.63, 3.8) is 0 Å². The van der Waals surface area contributed by atoms with Crippen LogP contribution in [0.3, 0.4) is 0 Å². The molecule has 2 rings (SSSR count). The quantitative estimate of drug-likeness (QED) is 0.805. The van der Waals surface area contributed by atoms with E-state index in [2.05, 4.69) is 10.3 Å². The molecule has 76 valence electrons. The minimum Gasteiger partial charge on any atom is -0.352 e. The van der Waals surface area contributed by atoms with Gasteiger partial charge >= 0.3 is 0 Å². The molecule has 1 amide bonds. The van der Waals surface area contributed by atoms with Crippen molar-refractivity contribution < 1.29 is 4.79 Å². The number of carbonyl (C=O) groups is 1. The van der Waals surface area contributed by atoms with E-state index in [9.17, 15) is 4.79 Å². The van der Waals surface area contributed by atoms with Crippen LogP contribution >= 0.6 is 0 Å². The van der Waals surface area contributed by atoms with Crippen LogP contribution in [0.4, 0.5) is 0 Å². The maximum atomic E-state index is 11.7. The predicted octanol–water partition coefficient (Wildman–Crippen LogP) is 1.98. The number of pyridine rings is 1. The third-order valence-corrected chi connectivity index (χ3v) is 2.26. The Morgan fingerprint density at radius 1 is 1.40 bits per heavy atom. The SMILES string of the molecule is CCNC(=O)c1cccc2cnccc12. The van der Waals surface area contributed by atoms with Crippen LogP contribution in [0.1, 0.15) is 17.3 Å². The van der Waals surface area contributed by atoms with Crippen molar-refractivity contribution in [2.24, 2.45) is 0 Å². The van der Waals surface area contributed by atoms with Gasteiger partial charge in [0.1, 0.15) is 0 Å². The topological polar surface area (TPSA) is 42.0 Å². The van der Waals surface area contributed by atoms with Gasteiger partial charge in [0, 0.05) is 29.9 Å². The maximum Gasteiger partial charge on any atom is 0.251 e. The highest BCUT2D eigenvalue weighted by molar-refractivity contribution is 6.06. The molecule has 0 saturated carbocycles. The maximum absolute atomic E-state index is 11.7. The molecular weight excluding hydrogens is 188 g/mol. The van der Waals surface area contributed by atoms with Crippen LogP contribution in [0.5, 0.6) is 0 Å². The Kier molecular flexibility index (Phi) is 2.63. The number of fused-ring (bicyclic) bond motifs is 1. The number of hydrogen-bond acceptors (Lipinski definition) is 2. The van der Waals surface area contributed by atoms with Crippen molar-refractivity contribution in [3.05, 3.63) is 42.2 Å². The first-order chi connectivity index (χ1) is 7.33. The summed E-state index contributed by atoms with van der Waals surface area (Å²) in [6.07, 6.45) is 3.46. The van der Waals surface area contributed by atoms with Gasteiger partial charge in [-0.1, -0.05) is 12.1 Å². The normalized spacial score (nSPS) is 10.2. The molecule has 1 heterocycles. The second-order valence-corrected chi connectivity index (χ2v) is 3.26. The number of hydrogen-bond donors (Lipinski definition) is 1. The van der Waals surface area contributed by atoms with E-state index in [4.69, 9.17) is 0 Å². The van der Waals surface area contributed by atoms with E-state index >= 15 is 0 Å². The lowest BCUT2D eigenvalue weighted by atomic mass is 10.1. The van der Waals surface area contributed by atoms with Crippen molar-refractivity contribution in [2.45, 2.75) is 6.92 Å². The van der Waals surface area contributed by atoms with Crippen molar-refractivity contribution in [1.29, 1.82) is 0 Å². The fourth-order valence-electron chi connectivity index (χ4n) is 1.58. The van der Waals surface area contributed by atoms with Crippen LogP contribution in [-0.2, 0) is 0 Å². The first-order valence-electron chi connectivity index (χ1n) is 4.94. The molecule has 0 fully saturated rings. The number of benzene rings is 1. The molecule has 1 aromatic heterocycles. The predicted molar refractivity (Wildman–Crippen MR) is 59.8 cm³/mol. The molecule has 0 unspecified atom stereocenters. The third kappa shape index (κ3) is 1.81. The van der Waals surface area contributed by atoms with Gasteiger partial charge in [0.25, 0.3) is 5.91 Å². The Labute approximate surface area is 88.1 Å². The van der Waals surface area contributed by atoms with E-state index in [-0.39, 0.29) is 5.91 Å². The van der Waals surface area contributed by atoms with Crippen LogP contribution in [0.25, 0.3) is 10.8 Å². The Hall–Kier alpha value is -1.90. The van der Waals surface area contributed by atoms with Gasteiger partial charge < -0.3 is 5.32 Å². The number of carbonyl (C=O) groups excluding carboxylic acids is 1. The zero-order valence-corrected chi connectivity index (χ0v) is 8.53. The zero-order chi connectivity index (χ0) is 10.7. The summed E-state index contributed by atoms with van der Waals surface area (Å²) in [6.45, 7) is 2.55. The van der Waals surface area contributed by atoms with Gasteiger partial charge in [-0.3, -0.25) is 9.78 Å². The molecule has 1 aromatic carbocycles. The minimum absolute atomic E-state index is 0.0331. The van der Waals surface area contributed by atoms with Gasteiger partial charge in [-0.05, 0) is 24.4 Å². The Bertz CT molecular complexity index is 488. The molecule has 1 N–H and O–H groups in total.